The molecule has 2 aromatic carbocycles. The van der Waals surface area contributed by atoms with Crippen molar-refractivity contribution in [3.05, 3.63) is 39.9 Å². The summed E-state index contributed by atoms with van der Waals surface area (Å²) in [7, 11) is 0. The molecule has 0 amide bonds. The second-order valence-corrected chi connectivity index (χ2v) is 4.50. The van der Waals surface area contributed by atoms with Gasteiger partial charge in [-0.1, -0.05) is 22.0 Å². The number of aromatic hydroxyl groups is 1. The Labute approximate surface area is 100 Å². The van der Waals surface area contributed by atoms with E-state index in [4.69, 9.17) is 5.11 Å². The molecule has 0 unspecified atom stereocenters. The molecule has 2 N–H and O–H groups in total. The average Bonchev–Trinajstić information content (AvgIpc) is 2.15. The van der Waals surface area contributed by atoms with Crippen molar-refractivity contribution in [3.63, 3.8) is 0 Å². The summed E-state index contributed by atoms with van der Waals surface area (Å²) in [6.07, 6.45) is 0. The lowest BCUT2D eigenvalue weighted by molar-refractivity contribution is 0.0693. The van der Waals surface area contributed by atoms with Crippen molar-refractivity contribution in [1.29, 1.82) is 0 Å². The summed E-state index contributed by atoms with van der Waals surface area (Å²) in [5.74, 6) is -1.28. The summed E-state index contributed by atoms with van der Waals surface area (Å²) >= 11 is 3.33. The first-order valence-corrected chi connectivity index (χ1v) is 5.45. The predicted octanol–water partition coefficient (Wildman–Crippen LogP) is 3.31. The van der Waals surface area contributed by atoms with Crippen LogP contribution >= 0.6 is 15.9 Å². The van der Waals surface area contributed by atoms with Crippen molar-refractivity contribution in [3.8, 4) is 5.75 Å². The first-order chi connectivity index (χ1) is 7.50. The summed E-state index contributed by atoms with van der Waals surface area (Å²) in [4.78, 5) is 11.0. The molecule has 0 fully saturated rings. The lowest BCUT2D eigenvalue weighted by Gasteiger charge is -2.08. The van der Waals surface area contributed by atoms with E-state index in [0.29, 0.717) is 10.9 Å². The van der Waals surface area contributed by atoms with Crippen LogP contribution < -0.4 is 0 Å². The second-order valence-electron chi connectivity index (χ2n) is 3.59. The number of rotatable bonds is 1. The van der Waals surface area contributed by atoms with Crippen molar-refractivity contribution >= 4 is 32.7 Å². The molecule has 0 spiro atoms. The van der Waals surface area contributed by atoms with Gasteiger partial charge in [-0.2, -0.15) is 0 Å². The number of carbonyl (C=O) groups is 1. The van der Waals surface area contributed by atoms with Gasteiger partial charge in [0.2, 0.25) is 0 Å². The Morgan fingerprint density at radius 1 is 1.31 bits per heavy atom. The maximum absolute atomic E-state index is 11.0. The van der Waals surface area contributed by atoms with Gasteiger partial charge in [0.1, 0.15) is 11.3 Å². The number of carboxylic acids is 1. The quantitative estimate of drug-likeness (QED) is 0.843. The fraction of sp³-hybridized carbons (Fsp3) is 0.0833. The lowest BCUT2D eigenvalue weighted by Crippen LogP contribution is -2.00. The van der Waals surface area contributed by atoms with E-state index in [2.05, 4.69) is 15.9 Å². The SMILES string of the molecule is Cc1cc2cc(Br)ccc2c(O)c1C(=O)O. The van der Waals surface area contributed by atoms with Crippen LogP contribution in [-0.4, -0.2) is 16.2 Å². The molecule has 4 heteroatoms. The zero-order valence-corrected chi connectivity index (χ0v) is 10.1. The summed E-state index contributed by atoms with van der Waals surface area (Å²) in [5, 5.41) is 20.2. The minimum atomic E-state index is -1.11. The molecule has 0 bridgehead atoms. The van der Waals surface area contributed by atoms with E-state index in [9.17, 15) is 9.90 Å². The normalized spacial score (nSPS) is 10.6. The molecular formula is C12H9BrO3. The monoisotopic (exact) mass is 280 g/mol. The minimum Gasteiger partial charge on any atom is -0.506 e. The number of benzene rings is 2. The minimum absolute atomic E-state index is 0.0326. The number of aryl methyl sites for hydroxylation is 1. The zero-order chi connectivity index (χ0) is 11.9. The van der Waals surface area contributed by atoms with Gasteiger partial charge < -0.3 is 10.2 Å². The Morgan fingerprint density at radius 2 is 2.00 bits per heavy atom. The highest BCUT2D eigenvalue weighted by Gasteiger charge is 2.16. The Hall–Kier alpha value is -1.55. The molecule has 16 heavy (non-hydrogen) atoms. The van der Waals surface area contributed by atoms with Gasteiger partial charge in [-0.05, 0) is 36.1 Å². The van der Waals surface area contributed by atoms with Gasteiger partial charge >= 0.3 is 5.97 Å². The summed E-state index contributed by atoms with van der Waals surface area (Å²) < 4.78 is 0.891. The van der Waals surface area contributed by atoms with Crippen LogP contribution in [0.1, 0.15) is 15.9 Å². The third-order valence-electron chi connectivity index (χ3n) is 2.49. The second kappa shape index (κ2) is 3.79. The number of carboxylic acid groups (broad SMARTS) is 1. The molecule has 0 aliphatic heterocycles. The Balaban J connectivity index is 2.89. The van der Waals surface area contributed by atoms with Crippen molar-refractivity contribution in [2.45, 2.75) is 6.92 Å². The van der Waals surface area contributed by atoms with Crippen LogP contribution in [0, 0.1) is 6.92 Å². The van der Waals surface area contributed by atoms with Gasteiger partial charge in [-0.3, -0.25) is 0 Å². The summed E-state index contributed by atoms with van der Waals surface area (Å²) in [5.41, 5.74) is 0.519. The molecule has 0 saturated heterocycles. The van der Waals surface area contributed by atoms with Crippen LogP contribution in [0.3, 0.4) is 0 Å². The van der Waals surface area contributed by atoms with E-state index in [1.807, 2.05) is 6.07 Å². The molecule has 0 aliphatic rings. The van der Waals surface area contributed by atoms with Gasteiger partial charge in [0, 0.05) is 9.86 Å². The molecule has 2 rings (SSSR count). The molecule has 0 heterocycles. The lowest BCUT2D eigenvalue weighted by atomic mass is 10.0. The van der Waals surface area contributed by atoms with Crippen LogP contribution in [0.25, 0.3) is 10.8 Å². The number of fused-ring (bicyclic) bond motifs is 1. The highest BCUT2D eigenvalue weighted by molar-refractivity contribution is 9.10. The van der Waals surface area contributed by atoms with Gasteiger partial charge in [-0.15, -0.1) is 0 Å². The van der Waals surface area contributed by atoms with E-state index in [1.165, 1.54) is 0 Å². The van der Waals surface area contributed by atoms with Crippen LogP contribution in [-0.2, 0) is 0 Å². The number of hydrogen-bond acceptors (Lipinski definition) is 2. The molecule has 0 aliphatic carbocycles. The van der Waals surface area contributed by atoms with Crippen LogP contribution in [0.2, 0.25) is 0 Å². The first kappa shape index (κ1) is 11.0. The standard InChI is InChI=1S/C12H9BrO3/c1-6-4-7-5-8(13)2-3-9(7)11(14)10(6)12(15)16/h2-5,14H,1H3,(H,15,16). The number of hydrogen-bond donors (Lipinski definition) is 2. The van der Waals surface area contributed by atoms with Gasteiger partial charge in [0.05, 0.1) is 0 Å². The highest BCUT2D eigenvalue weighted by Crippen LogP contribution is 2.33. The molecule has 0 saturated carbocycles. The number of halogens is 1. The number of phenols is 1. The van der Waals surface area contributed by atoms with Gasteiger partial charge in [-0.25, -0.2) is 4.79 Å². The zero-order valence-electron chi connectivity index (χ0n) is 8.49. The van der Waals surface area contributed by atoms with Crippen LogP contribution in [0.15, 0.2) is 28.7 Å². The number of aromatic carboxylic acids is 1. The maximum Gasteiger partial charge on any atom is 0.339 e. The molecule has 2 aromatic rings. The predicted molar refractivity (Wildman–Crippen MR) is 65.0 cm³/mol. The molecule has 3 nitrogen and oxygen atoms in total. The molecule has 0 radical (unpaired) electrons. The smallest absolute Gasteiger partial charge is 0.339 e. The van der Waals surface area contributed by atoms with E-state index < -0.39 is 5.97 Å². The topological polar surface area (TPSA) is 57.5 Å². The van der Waals surface area contributed by atoms with Crippen LogP contribution in [0.4, 0.5) is 0 Å². The van der Waals surface area contributed by atoms with E-state index in [1.54, 1.807) is 25.1 Å². The largest absolute Gasteiger partial charge is 0.506 e. The molecule has 0 aromatic heterocycles. The van der Waals surface area contributed by atoms with Crippen molar-refractivity contribution in [2.75, 3.05) is 0 Å². The molecule has 82 valence electrons. The third kappa shape index (κ3) is 1.65. The van der Waals surface area contributed by atoms with Crippen molar-refractivity contribution < 1.29 is 15.0 Å². The highest BCUT2D eigenvalue weighted by atomic mass is 79.9. The van der Waals surface area contributed by atoms with Gasteiger partial charge in [0.25, 0.3) is 0 Å². The Kier molecular flexibility index (Phi) is 2.59. The van der Waals surface area contributed by atoms with E-state index in [-0.39, 0.29) is 11.3 Å². The Morgan fingerprint density at radius 3 is 2.62 bits per heavy atom. The van der Waals surface area contributed by atoms with E-state index in [0.717, 1.165) is 9.86 Å². The van der Waals surface area contributed by atoms with Gasteiger partial charge in [0.15, 0.2) is 0 Å². The maximum atomic E-state index is 11.0. The molecule has 0 atom stereocenters. The van der Waals surface area contributed by atoms with Crippen LogP contribution in [0.5, 0.6) is 5.75 Å². The van der Waals surface area contributed by atoms with E-state index >= 15 is 0 Å². The fourth-order valence-corrected chi connectivity index (χ4v) is 2.14. The van der Waals surface area contributed by atoms with Crippen molar-refractivity contribution in [1.82, 2.24) is 0 Å². The summed E-state index contributed by atoms with van der Waals surface area (Å²) in [6, 6.07) is 7.06. The first-order valence-electron chi connectivity index (χ1n) is 4.66. The van der Waals surface area contributed by atoms with Crippen molar-refractivity contribution in [2.24, 2.45) is 0 Å². The molecular weight excluding hydrogens is 272 g/mol. The third-order valence-corrected chi connectivity index (χ3v) is 2.98. The average molecular weight is 281 g/mol. The Bertz CT molecular complexity index is 590. The summed E-state index contributed by atoms with van der Waals surface area (Å²) in [6.45, 7) is 1.67. The fourth-order valence-electron chi connectivity index (χ4n) is 1.77.